The molecule has 0 aliphatic carbocycles. The standard InChI is InChI=1S/C21H16F3N3O/c22-21(23,24)19-10-6-16(13-26-19)7-11-20(28)27-14-15-4-8-17(9-5-15)18-3-1-2-12-25-18/h1-13H,14H2,(H,27,28). The van der Waals surface area contributed by atoms with Crippen LogP contribution in [0, 0.1) is 0 Å². The first-order valence-electron chi connectivity index (χ1n) is 8.41. The minimum atomic E-state index is -4.48. The van der Waals surface area contributed by atoms with Gasteiger partial charge in [0.05, 0.1) is 5.69 Å². The fourth-order valence-corrected chi connectivity index (χ4v) is 2.42. The molecule has 0 spiro atoms. The molecule has 0 aliphatic rings. The Hall–Kier alpha value is -3.48. The van der Waals surface area contributed by atoms with E-state index in [9.17, 15) is 18.0 Å². The van der Waals surface area contributed by atoms with Crippen molar-refractivity contribution in [2.24, 2.45) is 0 Å². The number of hydrogen-bond acceptors (Lipinski definition) is 3. The minimum Gasteiger partial charge on any atom is -0.348 e. The summed E-state index contributed by atoms with van der Waals surface area (Å²) in [6, 6.07) is 15.5. The van der Waals surface area contributed by atoms with Crippen LogP contribution in [-0.2, 0) is 17.5 Å². The van der Waals surface area contributed by atoms with Gasteiger partial charge in [-0.05, 0) is 35.4 Å². The van der Waals surface area contributed by atoms with Crippen molar-refractivity contribution in [3.63, 3.8) is 0 Å². The van der Waals surface area contributed by atoms with E-state index in [1.165, 1.54) is 18.2 Å². The molecule has 1 N–H and O–H groups in total. The molecule has 28 heavy (non-hydrogen) atoms. The zero-order valence-corrected chi connectivity index (χ0v) is 14.6. The Labute approximate surface area is 159 Å². The average molecular weight is 383 g/mol. The summed E-state index contributed by atoms with van der Waals surface area (Å²) in [5, 5.41) is 2.72. The van der Waals surface area contributed by atoms with Crippen LogP contribution in [0.1, 0.15) is 16.8 Å². The Morgan fingerprint density at radius 1 is 1.00 bits per heavy atom. The summed E-state index contributed by atoms with van der Waals surface area (Å²) < 4.78 is 37.4. The SMILES string of the molecule is O=C(C=Cc1ccc(C(F)(F)F)nc1)NCc1ccc(-c2ccccn2)cc1. The van der Waals surface area contributed by atoms with Gasteiger partial charge >= 0.3 is 6.18 Å². The zero-order valence-electron chi connectivity index (χ0n) is 14.6. The number of carbonyl (C=O) groups excluding carboxylic acids is 1. The van der Waals surface area contributed by atoms with Gasteiger partial charge in [0.1, 0.15) is 5.69 Å². The largest absolute Gasteiger partial charge is 0.433 e. The molecular formula is C21H16F3N3O. The highest BCUT2D eigenvalue weighted by atomic mass is 19.4. The van der Waals surface area contributed by atoms with Crippen LogP contribution in [-0.4, -0.2) is 15.9 Å². The highest BCUT2D eigenvalue weighted by Crippen LogP contribution is 2.27. The van der Waals surface area contributed by atoms with Gasteiger partial charge in [-0.2, -0.15) is 13.2 Å². The van der Waals surface area contributed by atoms with E-state index in [-0.39, 0.29) is 5.91 Å². The van der Waals surface area contributed by atoms with Crippen molar-refractivity contribution in [1.29, 1.82) is 0 Å². The number of aromatic nitrogens is 2. The quantitative estimate of drug-likeness (QED) is 0.661. The van der Waals surface area contributed by atoms with Gasteiger partial charge in [-0.25, -0.2) is 0 Å². The molecule has 0 aliphatic heterocycles. The van der Waals surface area contributed by atoms with Crippen molar-refractivity contribution in [2.45, 2.75) is 12.7 Å². The Morgan fingerprint density at radius 3 is 2.39 bits per heavy atom. The summed E-state index contributed by atoms with van der Waals surface area (Å²) in [5.41, 5.74) is 2.19. The Kier molecular flexibility index (Phi) is 5.84. The average Bonchev–Trinajstić information content (AvgIpc) is 2.71. The summed E-state index contributed by atoms with van der Waals surface area (Å²) in [7, 11) is 0. The van der Waals surface area contributed by atoms with Crippen LogP contribution in [0.25, 0.3) is 17.3 Å². The summed E-state index contributed by atoms with van der Waals surface area (Å²) >= 11 is 0. The lowest BCUT2D eigenvalue weighted by Crippen LogP contribution is -2.20. The predicted octanol–water partition coefficient (Wildman–Crippen LogP) is 4.49. The van der Waals surface area contributed by atoms with Gasteiger partial charge in [-0.3, -0.25) is 14.8 Å². The number of carbonyl (C=O) groups is 1. The second-order valence-electron chi connectivity index (χ2n) is 5.94. The second-order valence-corrected chi connectivity index (χ2v) is 5.94. The summed E-state index contributed by atoms with van der Waals surface area (Å²) in [6.45, 7) is 0.330. The molecule has 0 atom stereocenters. The number of rotatable bonds is 5. The van der Waals surface area contributed by atoms with E-state index < -0.39 is 11.9 Å². The molecular weight excluding hydrogens is 367 g/mol. The van der Waals surface area contributed by atoms with Crippen LogP contribution in [0.4, 0.5) is 13.2 Å². The van der Waals surface area contributed by atoms with Gasteiger partial charge in [-0.15, -0.1) is 0 Å². The molecule has 7 heteroatoms. The number of alkyl halides is 3. The lowest BCUT2D eigenvalue weighted by atomic mass is 10.1. The fourth-order valence-electron chi connectivity index (χ4n) is 2.42. The molecule has 2 heterocycles. The monoisotopic (exact) mass is 383 g/mol. The molecule has 1 amide bonds. The van der Waals surface area contributed by atoms with Gasteiger partial charge in [0.15, 0.2) is 0 Å². The number of amides is 1. The van der Waals surface area contributed by atoms with E-state index in [0.29, 0.717) is 12.1 Å². The van der Waals surface area contributed by atoms with Crippen molar-refractivity contribution in [2.75, 3.05) is 0 Å². The van der Waals surface area contributed by atoms with E-state index in [1.807, 2.05) is 42.5 Å². The van der Waals surface area contributed by atoms with Gasteiger partial charge in [0, 0.05) is 30.6 Å². The van der Waals surface area contributed by atoms with Crippen LogP contribution in [0.3, 0.4) is 0 Å². The van der Waals surface area contributed by atoms with Gasteiger partial charge in [0.25, 0.3) is 0 Å². The molecule has 1 aromatic carbocycles. The highest BCUT2D eigenvalue weighted by molar-refractivity contribution is 5.91. The van der Waals surface area contributed by atoms with Crippen molar-refractivity contribution in [3.8, 4) is 11.3 Å². The molecule has 0 bridgehead atoms. The smallest absolute Gasteiger partial charge is 0.348 e. The lowest BCUT2D eigenvalue weighted by Gasteiger charge is -2.05. The molecule has 0 saturated heterocycles. The molecule has 0 unspecified atom stereocenters. The molecule has 142 valence electrons. The van der Waals surface area contributed by atoms with E-state index in [1.54, 1.807) is 6.20 Å². The molecule has 0 radical (unpaired) electrons. The van der Waals surface area contributed by atoms with Crippen LogP contribution >= 0.6 is 0 Å². The number of halogens is 3. The third-order valence-corrected chi connectivity index (χ3v) is 3.89. The normalized spacial score (nSPS) is 11.5. The molecule has 0 fully saturated rings. The Morgan fingerprint density at radius 2 is 1.79 bits per heavy atom. The minimum absolute atomic E-state index is 0.330. The first kappa shape index (κ1) is 19.3. The maximum atomic E-state index is 12.5. The second kappa shape index (κ2) is 8.47. The maximum absolute atomic E-state index is 12.5. The van der Waals surface area contributed by atoms with E-state index in [0.717, 1.165) is 29.1 Å². The summed E-state index contributed by atoms with van der Waals surface area (Å²) in [6.07, 6.45) is 0.982. The Balaban J connectivity index is 1.53. The first-order valence-corrected chi connectivity index (χ1v) is 8.41. The van der Waals surface area contributed by atoms with E-state index >= 15 is 0 Å². The molecule has 3 aromatic rings. The zero-order chi connectivity index (χ0) is 20.0. The van der Waals surface area contributed by atoms with Crippen LogP contribution in [0.15, 0.2) is 73.1 Å². The highest BCUT2D eigenvalue weighted by Gasteiger charge is 2.31. The third kappa shape index (κ3) is 5.26. The van der Waals surface area contributed by atoms with E-state index in [4.69, 9.17) is 0 Å². The van der Waals surface area contributed by atoms with Crippen molar-refractivity contribution >= 4 is 12.0 Å². The van der Waals surface area contributed by atoms with Crippen molar-refractivity contribution in [3.05, 3.63) is 89.9 Å². The van der Waals surface area contributed by atoms with Crippen molar-refractivity contribution < 1.29 is 18.0 Å². The topological polar surface area (TPSA) is 54.9 Å². The number of benzene rings is 1. The number of nitrogens with zero attached hydrogens (tertiary/aromatic N) is 2. The Bertz CT molecular complexity index is 951. The molecule has 0 saturated carbocycles. The molecule has 3 rings (SSSR count). The summed E-state index contributed by atoms with van der Waals surface area (Å²) in [4.78, 5) is 19.5. The van der Waals surface area contributed by atoms with Crippen LogP contribution < -0.4 is 5.32 Å². The fraction of sp³-hybridized carbons (Fsp3) is 0.0952. The lowest BCUT2D eigenvalue weighted by molar-refractivity contribution is -0.141. The van der Waals surface area contributed by atoms with Gasteiger partial charge in [0.2, 0.25) is 5.91 Å². The van der Waals surface area contributed by atoms with Crippen molar-refractivity contribution in [1.82, 2.24) is 15.3 Å². The summed E-state index contributed by atoms with van der Waals surface area (Å²) in [5.74, 6) is -0.353. The van der Waals surface area contributed by atoms with Crippen LogP contribution in [0.2, 0.25) is 0 Å². The number of hydrogen-bond donors (Lipinski definition) is 1. The maximum Gasteiger partial charge on any atom is 0.433 e. The predicted molar refractivity (Wildman–Crippen MR) is 99.8 cm³/mol. The van der Waals surface area contributed by atoms with E-state index in [2.05, 4.69) is 15.3 Å². The first-order chi connectivity index (χ1) is 13.4. The molecule has 4 nitrogen and oxygen atoms in total. The number of pyridine rings is 2. The van der Waals surface area contributed by atoms with Gasteiger partial charge in [-0.1, -0.05) is 36.4 Å². The molecule has 2 aromatic heterocycles. The van der Waals surface area contributed by atoms with Gasteiger partial charge < -0.3 is 5.32 Å². The van der Waals surface area contributed by atoms with Crippen LogP contribution in [0.5, 0.6) is 0 Å². The number of nitrogens with one attached hydrogen (secondary N) is 1. The third-order valence-electron chi connectivity index (χ3n) is 3.89.